The van der Waals surface area contributed by atoms with Gasteiger partial charge in [-0.2, -0.15) is 0 Å². The van der Waals surface area contributed by atoms with Crippen LogP contribution in [0.25, 0.3) is 0 Å². The fourth-order valence-corrected chi connectivity index (χ4v) is 3.52. The second-order valence-electron chi connectivity index (χ2n) is 6.84. The molecule has 2 aliphatic rings. The van der Waals surface area contributed by atoms with E-state index in [1.165, 1.54) is 19.3 Å². The number of aryl methyl sites for hydroxylation is 1. The molecule has 7 heteroatoms. The number of carbonyl (C=O) groups excluding carboxylic acids is 2. The van der Waals surface area contributed by atoms with Crippen molar-refractivity contribution in [3.05, 3.63) is 17.5 Å². The number of nitrogens with zero attached hydrogens (tertiary/aromatic N) is 2. The molecule has 1 aliphatic heterocycles. The molecule has 0 aromatic carbocycles. The molecule has 2 heterocycles. The Balaban J connectivity index is 1.41. The first-order valence-electron chi connectivity index (χ1n) is 8.91. The number of hydrogen-bond donors (Lipinski definition) is 2. The van der Waals surface area contributed by atoms with Crippen LogP contribution in [-0.4, -0.2) is 47.2 Å². The van der Waals surface area contributed by atoms with E-state index in [2.05, 4.69) is 15.8 Å². The van der Waals surface area contributed by atoms with E-state index < -0.39 is 0 Å². The van der Waals surface area contributed by atoms with Crippen LogP contribution < -0.4 is 10.6 Å². The number of piperidine rings is 1. The molecule has 0 atom stereocenters. The highest BCUT2D eigenvalue weighted by Gasteiger charge is 2.26. The van der Waals surface area contributed by atoms with Gasteiger partial charge in [0.05, 0.1) is 0 Å². The van der Waals surface area contributed by atoms with E-state index >= 15 is 0 Å². The zero-order chi connectivity index (χ0) is 16.9. The Morgan fingerprint density at radius 2 is 1.71 bits per heavy atom. The molecule has 1 saturated heterocycles. The summed E-state index contributed by atoms with van der Waals surface area (Å²) in [6.45, 7) is 3.02. The maximum atomic E-state index is 12.3. The number of rotatable bonds is 3. The highest BCUT2D eigenvalue weighted by molar-refractivity contribution is 5.92. The number of urea groups is 1. The Morgan fingerprint density at radius 3 is 2.29 bits per heavy atom. The topological polar surface area (TPSA) is 87.5 Å². The molecule has 132 valence electrons. The van der Waals surface area contributed by atoms with Crippen molar-refractivity contribution in [2.45, 2.75) is 64.0 Å². The van der Waals surface area contributed by atoms with Crippen molar-refractivity contribution in [2.24, 2.45) is 0 Å². The quantitative estimate of drug-likeness (QED) is 0.887. The van der Waals surface area contributed by atoms with Gasteiger partial charge in [-0.05, 0) is 32.6 Å². The first-order valence-corrected chi connectivity index (χ1v) is 8.91. The van der Waals surface area contributed by atoms with Crippen molar-refractivity contribution >= 4 is 11.9 Å². The molecule has 24 heavy (non-hydrogen) atoms. The summed E-state index contributed by atoms with van der Waals surface area (Å²) in [7, 11) is 0. The van der Waals surface area contributed by atoms with Gasteiger partial charge in [-0.25, -0.2) is 4.79 Å². The van der Waals surface area contributed by atoms with Gasteiger partial charge in [0.2, 0.25) is 0 Å². The van der Waals surface area contributed by atoms with E-state index in [9.17, 15) is 9.59 Å². The fourth-order valence-electron chi connectivity index (χ4n) is 3.52. The van der Waals surface area contributed by atoms with Gasteiger partial charge >= 0.3 is 6.03 Å². The zero-order valence-corrected chi connectivity index (χ0v) is 14.2. The van der Waals surface area contributed by atoms with Crippen LogP contribution >= 0.6 is 0 Å². The Morgan fingerprint density at radius 1 is 1.08 bits per heavy atom. The number of likely N-dealkylation sites (tertiary alicyclic amines) is 1. The minimum Gasteiger partial charge on any atom is -0.361 e. The predicted molar refractivity (Wildman–Crippen MR) is 88.7 cm³/mol. The SMILES string of the molecule is Cc1cc(C(=O)N2CCC(NC(=O)NC3CCCCC3)CC2)no1. The average molecular weight is 334 g/mol. The minimum absolute atomic E-state index is 0.0706. The van der Waals surface area contributed by atoms with Crippen molar-refractivity contribution in [3.8, 4) is 0 Å². The second kappa shape index (κ2) is 7.68. The maximum Gasteiger partial charge on any atom is 0.315 e. The van der Waals surface area contributed by atoms with E-state index in [0.29, 0.717) is 30.6 Å². The van der Waals surface area contributed by atoms with Gasteiger partial charge in [-0.15, -0.1) is 0 Å². The summed E-state index contributed by atoms with van der Waals surface area (Å²) in [5.41, 5.74) is 0.356. The van der Waals surface area contributed by atoms with E-state index in [1.807, 2.05) is 0 Å². The molecule has 1 aliphatic carbocycles. The van der Waals surface area contributed by atoms with Crippen LogP contribution in [-0.2, 0) is 0 Å². The lowest BCUT2D eigenvalue weighted by Crippen LogP contribution is -2.51. The van der Waals surface area contributed by atoms with E-state index in [-0.39, 0.29) is 18.0 Å². The summed E-state index contributed by atoms with van der Waals surface area (Å²) in [5, 5.41) is 9.90. The van der Waals surface area contributed by atoms with Gasteiger partial charge < -0.3 is 20.1 Å². The van der Waals surface area contributed by atoms with Crippen LogP contribution in [0.4, 0.5) is 4.79 Å². The third-order valence-electron chi connectivity index (χ3n) is 4.90. The van der Waals surface area contributed by atoms with E-state index in [4.69, 9.17) is 4.52 Å². The third kappa shape index (κ3) is 4.27. The summed E-state index contributed by atoms with van der Waals surface area (Å²) in [6, 6.07) is 2.02. The first kappa shape index (κ1) is 16.8. The number of nitrogens with one attached hydrogen (secondary N) is 2. The molecule has 0 radical (unpaired) electrons. The maximum absolute atomic E-state index is 12.3. The summed E-state index contributed by atoms with van der Waals surface area (Å²) >= 11 is 0. The van der Waals surface area contributed by atoms with Crippen molar-refractivity contribution in [1.82, 2.24) is 20.7 Å². The highest BCUT2D eigenvalue weighted by Crippen LogP contribution is 2.18. The Hall–Kier alpha value is -2.05. The van der Waals surface area contributed by atoms with Gasteiger partial charge in [-0.3, -0.25) is 4.79 Å². The molecular formula is C17H26N4O3. The smallest absolute Gasteiger partial charge is 0.315 e. The van der Waals surface area contributed by atoms with Crippen molar-refractivity contribution in [1.29, 1.82) is 0 Å². The van der Waals surface area contributed by atoms with Gasteiger partial charge in [-0.1, -0.05) is 24.4 Å². The standard InChI is InChI=1S/C17H26N4O3/c1-12-11-15(20-24-12)16(22)21-9-7-14(8-10-21)19-17(23)18-13-5-3-2-4-6-13/h11,13-14H,2-10H2,1H3,(H2,18,19,23). The van der Waals surface area contributed by atoms with E-state index in [0.717, 1.165) is 25.7 Å². The lowest BCUT2D eigenvalue weighted by atomic mass is 9.96. The number of hydrogen-bond acceptors (Lipinski definition) is 4. The predicted octanol–water partition coefficient (Wildman–Crippen LogP) is 2.22. The summed E-state index contributed by atoms with van der Waals surface area (Å²) in [5.74, 6) is 0.534. The molecule has 0 unspecified atom stereocenters. The first-order chi connectivity index (χ1) is 11.6. The number of amides is 3. The molecular weight excluding hydrogens is 308 g/mol. The van der Waals surface area contributed by atoms with Crippen LogP contribution in [0.5, 0.6) is 0 Å². The number of aromatic nitrogens is 1. The molecule has 2 fully saturated rings. The lowest BCUT2D eigenvalue weighted by molar-refractivity contribution is 0.0697. The summed E-state index contributed by atoms with van der Waals surface area (Å²) in [6.07, 6.45) is 7.37. The third-order valence-corrected chi connectivity index (χ3v) is 4.90. The van der Waals surface area contributed by atoms with Gasteiger partial charge in [0.1, 0.15) is 5.76 Å². The van der Waals surface area contributed by atoms with Crippen LogP contribution in [0.1, 0.15) is 61.2 Å². The normalized spacial score (nSPS) is 20.0. The minimum atomic E-state index is -0.100. The average Bonchev–Trinajstić information content (AvgIpc) is 3.02. The van der Waals surface area contributed by atoms with Crippen LogP contribution in [0.3, 0.4) is 0 Å². The van der Waals surface area contributed by atoms with Crippen LogP contribution in [0.2, 0.25) is 0 Å². The summed E-state index contributed by atoms with van der Waals surface area (Å²) < 4.78 is 4.96. The molecule has 1 aromatic rings. The number of carbonyl (C=O) groups is 2. The Kier molecular flexibility index (Phi) is 5.37. The van der Waals surface area contributed by atoms with Gasteiger partial charge in [0, 0.05) is 31.2 Å². The van der Waals surface area contributed by atoms with Crippen LogP contribution in [0, 0.1) is 6.92 Å². The second-order valence-corrected chi connectivity index (χ2v) is 6.84. The molecule has 1 aromatic heterocycles. The van der Waals surface area contributed by atoms with Crippen molar-refractivity contribution < 1.29 is 14.1 Å². The van der Waals surface area contributed by atoms with Crippen LogP contribution in [0.15, 0.2) is 10.6 Å². The molecule has 0 spiro atoms. The van der Waals surface area contributed by atoms with Crippen molar-refractivity contribution in [3.63, 3.8) is 0 Å². The lowest BCUT2D eigenvalue weighted by Gasteiger charge is -2.32. The van der Waals surface area contributed by atoms with Gasteiger partial charge in [0.25, 0.3) is 5.91 Å². The fraction of sp³-hybridized carbons (Fsp3) is 0.706. The Labute approximate surface area is 142 Å². The molecule has 0 bridgehead atoms. The molecule has 3 rings (SSSR count). The molecule has 3 amide bonds. The molecule has 1 saturated carbocycles. The summed E-state index contributed by atoms with van der Waals surface area (Å²) in [4.78, 5) is 26.2. The van der Waals surface area contributed by atoms with Gasteiger partial charge in [0.15, 0.2) is 5.69 Å². The molecule has 7 nitrogen and oxygen atoms in total. The molecule has 2 N–H and O–H groups in total. The largest absolute Gasteiger partial charge is 0.361 e. The zero-order valence-electron chi connectivity index (χ0n) is 14.2. The monoisotopic (exact) mass is 334 g/mol. The van der Waals surface area contributed by atoms with Crippen molar-refractivity contribution in [2.75, 3.05) is 13.1 Å². The Bertz CT molecular complexity index is 572. The highest BCUT2D eigenvalue weighted by atomic mass is 16.5. The van der Waals surface area contributed by atoms with E-state index in [1.54, 1.807) is 17.9 Å².